The van der Waals surface area contributed by atoms with Crippen molar-refractivity contribution in [3.63, 3.8) is 0 Å². The number of hydrogen-bond acceptors (Lipinski definition) is 4. The minimum absolute atomic E-state index is 0.0494. The molecule has 0 aliphatic carbocycles. The third-order valence-electron chi connectivity index (χ3n) is 5.41. The van der Waals surface area contributed by atoms with Crippen molar-refractivity contribution in [2.45, 2.75) is 26.7 Å². The van der Waals surface area contributed by atoms with Gasteiger partial charge in [0.05, 0.1) is 18.4 Å². The Bertz CT molecular complexity index is 970. The number of amides is 1. The average molecular weight is 390 g/mol. The second-order valence-corrected chi connectivity index (χ2v) is 7.51. The summed E-state index contributed by atoms with van der Waals surface area (Å²) in [4.78, 5) is 19.5. The molecule has 5 nitrogen and oxygen atoms in total. The first-order valence-corrected chi connectivity index (χ1v) is 10.2. The number of hydrogen-bond donors (Lipinski definition) is 0. The molecular weight excluding hydrogens is 364 g/mol. The summed E-state index contributed by atoms with van der Waals surface area (Å²) in [6.45, 7) is 6.44. The van der Waals surface area contributed by atoms with Gasteiger partial charge in [0.1, 0.15) is 5.75 Å². The van der Waals surface area contributed by atoms with Gasteiger partial charge in [-0.3, -0.25) is 4.79 Å². The van der Waals surface area contributed by atoms with Crippen molar-refractivity contribution < 1.29 is 13.9 Å². The van der Waals surface area contributed by atoms with Crippen LogP contribution in [0.3, 0.4) is 0 Å². The Kier molecular flexibility index (Phi) is 5.65. The van der Waals surface area contributed by atoms with Crippen LogP contribution in [0.4, 0.5) is 0 Å². The minimum Gasteiger partial charge on any atom is -0.494 e. The lowest BCUT2D eigenvalue weighted by atomic mass is 9.98. The van der Waals surface area contributed by atoms with Crippen LogP contribution in [0, 0.1) is 5.92 Å². The van der Waals surface area contributed by atoms with Crippen molar-refractivity contribution in [1.29, 1.82) is 0 Å². The van der Waals surface area contributed by atoms with Gasteiger partial charge in [0.25, 0.3) is 5.91 Å². The predicted octanol–water partition coefficient (Wildman–Crippen LogP) is 5.28. The zero-order valence-corrected chi connectivity index (χ0v) is 16.9. The molecule has 1 aliphatic rings. The van der Waals surface area contributed by atoms with Gasteiger partial charge in [-0.05, 0) is 62.1 Å². The summed E-state index contributed by atoms with van der Waals surface area (Å²) in [7, 11) is 0. The zero-order chi connectivity index (χ0) is 20.2. The monoisotopic (exact) mass is 390 g/mol. The smallest absolute Gasteiger partial charge is 0.254 e. The number of piperidine rings is 1. The van der Waals surface area contributed by atoms with Gasteiger partial charge in [-0.2, -0.15) is 0 Å². The molecule has 1 fully saturated rings. The standard InChI is InChI=1S/C24H26N2O3/c1-3-28-19-10-8-18(9-11-19)22-16-25-23(29-22)20-6-4-5-7-21(20)24(27)26-14-12-17(2)13-15-26/h4-11,16-17H,3,12-15H2,1-2H3. The number of ether oxygens (including phenoxy) is 1. The molecule has 1 saturated heterocycles. The highest BCUT2D eigenvalue weighted by Crippen LogP contribution is 2.30. The van der Waals surface area contributed by atoms with E-state index >= 15 is 0 Å². The van der Waals surface area contributed by atoms with Crippen LogP contribution in [0.2, 0.25) is 0 Å². The second kappa shape index (κ2) is 8.52. The van der Waals surface area contributed by atoms with E-state index in [1.54, 1.807) is 6.20 Å². The summed E-state index contributed by atoms with van der Waals surface area (Å²) in [6.07, 6.45) is 3.80. The van der Waals surface area contributed by atoms with Gasteiger partial charge in [0.2, 0.25) is 5.89 Å². The highest BCUT2D eigenvalue weighted by Gasteiger charge is 2.24. The molecule has 2 aromatic carbocycles. The summed E-state index contributed by atoms with van der Waals surface area (Å²) in [5.74, 6) is 2.68. The van der Waals surface area contributed by atoms with E-state index in [9.17, 15) is 4.79 Å². The fourth-order valence-corrected chi connectivity index (χ4v) is 3.65. The van der Waals surface area contributed by atoms with Crippen LogP contribution in [0.25, 0.3) is 22.8 Å². The molecule has 0 bridgehead atoms. The number of likely N-dealkylation sites (tertiary alicyclic amines) is 1. The molecular formula is C24H26N2O3. The number of nitrogens with zero attached hydrogens (tertiary/aromatic N) is 2. The van der Waals surface area contributed by atoms with Crippen molar-refractivity contribution in [1.82, 2.24) is 9.88 Å². The van der Waals surface area contributed by atoms with Gasteiger partial charge in [-0.25, -0.2) is 4.98 Å². The largest absolute Gasteiger partial charge is 0.494 e. The molecule has 3 aromatic rings. The number of benzene rings is 2. The molecule has 1 aliphatic heterocycles. The van der Waals surface area contributed by atoms with E-state index in [1.165, 1.54) is 0 Å². The Hall–Kier alpha value is -3.08. The quantitative estimate of drug-likeness (QED) is 0.595. The van der Waals surface area contributed by atoms with E-state index in [4.69, 9.17) is 9.15 Å². The third-order valence-corrected chi connectivity index (χ3v) is 5.41. The first-order valence-electron chi connectivity index (χ1n) is 10.2. The molecule has 1 aromatic heterocycles. The topological polar surface area (TPSA) is 55.6 Å². The summed E-state index contributed by atoms with van der Waals surface area (Å²) >= 11 is 0. The van der Waals surface area contributed by atoms with E-state index in [2.05, 4.69) is 11.9 Å². The number of carbonyl (C=O) groups is 1. The van der Waals surface area contributed by atoms with Crippen LogP contribution in [0.15, 0.2) is 59.1 Å². The molecule has 1 amide bonds. The number of aromatic nitrogens is 1. The molecule has 0 saturated carbocycles. The van der Waals surface area contributed by atoms with Crippen LogP contribution < -0.4 is 4.74 Å². The molecule has 0 radical (unpaired) electrons. The van der Waals surface area contributed by atoms with E-state index < -0.39 is 0 Å². The van der Waals surface area contributed by atoms with Crippen molar-refractivity contribution in [2.75, 3.05) is 19.7 Å². The van der Waals surface area contributed by atoms with Crippen LogP contribution in [-0.2, 0) is 0 Å². The van der Waals surface area contributed by atoms with Gasteiger partial charge in [-0.1, -0.05) is 19.1 Å². The Labute approximate surface area is 171 Å². The summed E-state index contributed by atoms with van der Waals surface area (Å²) in [6, 6.07) is 15.3. The number of oxazole rings is 1. The lowest BCUT2D eigenvalue weighted by Crippen LogP contribution is -2.38. The van der Waals surface area contributed by atoms with Crippen LogP contribution in [0.5, 0.6) is 5.75 Å². The first-order chi connectivity index (χ1) is 14.2. The van der Waals surface area contributed by atoms with E-state index in [1.807, 2.05) is 60.4 Å². The normalized spacial score (nSPS) is 14.8. The van der Waals surface area contributed by atoms with Crippen LogP contribution in [0.1, 0.15) is 37.0 Å². The summed E-state index contributed by atoms with van der Waals surface area (Å²) in [5.41, 5.74) is 2.29. The average Bonchev–Trinajstić information content (AvgIpc) is 3.25. The maximum Gasteiger partial charge on any atom is 0.254 e. The van der Waals surface area contributed by atoms with Gasteiger partial charge < -0.3 is 14.1 Å². The lowest BCUT2D eigenvalue weighted by Gasteiger charge is -2.30. The molecule has 2 heterocycles. The van der Waals surface area contributed by atoms with Gasteiger partial charge in [0, 0.05) is 24.2 Å². The summed E-state index contributed by atoms with van der Waals surface area (Å²) < 4.78 is 11.5. The fourth-order valence-electron chi connectivity index (χ4n) is 3.65. The van der Waals surface area contributed by atoms with E-state index in [-0.39, 0.29) is 5.91 Å². The number of rotatable bonds is 5. The van der Waals surface area contributed by atoms with Gasteiger partial charge in [0.15, 0.2) is 5.76 Å². The van der Waals surface area contributed by atoms with E-state index in [0.717, 1.165) is 42.8 Å². The Morgan fingerprint density at radius 1 is 1.14 bits per heavy atom. The molecule has 4 rings (SSSR count). The predicted molar refractivity (Wildman–Crippen MR) is 113 cm³/mol. The first kappa shape index (κ1) is 19.2. The molecule has 150 valence electrons. The maximum absolute atomic E-state index is 13.1. The Morgan fingerprint density at radius 2 is 1.86 bits per heavy atom. The van der Waals surface area contributed by atoms with Crippen molar-refractivity contribution in [2.24, 2.45) is 5.92 Å². The summed E-state index contributed by atoms with van der Waals surface area (Å²) in [5, 5.41) is 0. The van der Waals surface area contributed by atoms with Crippen molar-refractivity contribution in [3.8, 4) is 28.5 Å². The second-order valence-electron chi connectivity index (χ2n) is 7.51. The molecule has 0 atom stereocenters. The number of carbonyl (C=O) groups excluding carboxylic acids is 1. The molecule has 0 spiro atoms. The lowest BCUT2D eigenvalue weighted by molar-refractivity contribution is 0.0698. The molecule has 0 unspecified atom stereocenters. The van der Waals surface area contributed by atoms with Crippen molar-refractivity contribution in [3.05, 3.63) is 60.3 Å². The van der Waals surface area contributed by atoms with E-state index in [0.29, 0.717) is 29.7 Å². The minimum atomic E-state index is 0.0494. The highest BCUT2D eigenvalue weighted by atomic mass is 16.5. The maximum atomic E-state index is 13.1. The van der Waals surface area contributed by atoms with Gasteiger partial charge >= 0.3 is 0 Å². The SMILES string of the molecule is CCOc1ccc(-c2cnc(-c3ccccc3C(=O)N3CCC(C)CC3)o2)cc1. The van der Waals surface area contributed by atoms with Gasteiger partial charge in [-0.15, -0.1) is 0 Å². The van der Waals surface area contributed by atoms with Crippen LogP contribution >= 0.6 is 0 Å². The zero-order valence-electron chi connectivity index (χ0n) is 16.9. The third kappa shape index (κ3) is 4.19. The van der Waals surface area contributed by atoms with Crippen LogP contribution in [-0.4, -0.2) is 35.5 Å². The molecule has 29 heavy (non-hydrogen) atoms. The Balaban J connectivity index is 1.59. The Morgan fingerprint density at radius 3 is 2.59 bits per heavy atom. The fraction of sp³-hybridized carbons (Fsp3) is 0.333. The highest BCUT2D eigenvalue weighted by molar-refractivity contribution is 6.00. The molecule has 0 N–H and O–H groups in total. The van der Waals surface area contributed by atoms with Crippen molar-refractivity contribution >= 4 is 5.91 Å². The molecule has 5 heteroatoms.